The number of morpholine rings is 1. The first kappa shape index (κ1) is 14.6. The number of carbonyl (C=O) groups excluding carboxylic acids is 2. The predicted molar refractivity (Wildman–Crippen MR) is 80.1 cm³/mol. The molecule has 1 aromatic carbocycles. The maximum Gasteiger partial charge on any atom is 0.210 e. The largest absolute Gasteiger partial charge is 0.379 e. The van der Waals surface area contributed by atoms with Gasteiger partial charge in [-0.15, -0.1) is 0 Å². The van der Waals surface area contributed by atoms with Crippen LogP contribution in [0.1, 0.15) is 26.4 Å². The molecule has 0 amide bonds. The van der Waals surface area contributed by atoms with Gasteiger partial charge in [-0.05, 0) is 12.1 Å². The van der Waals surface area contributed by atoms with Crippen LogP contribution in [0.25, 0.3) is 0 Å². The summed E-state index contributed by atoms with van der Waals surface area (Å²) < 4.78 is 5.27. The Bertz CT molecular complexity index is 661. The fraction of sp³-hybridized carbons (Fsp3) is 0.312. The molecule has 0 unspecified atom stereocenters. The van der Waals surface area contributed by atoms with Gasteiger partial charge in [0, 0.05) is 30.4 Å². The van der Waals surface area contributed by atoms with Crippen LogP contribution < -0.4 is 0 Å². The number of nitrogens with zero attached hydrogens (tertiary/aromatic N) is 2. The maximum absolute atomic E-state index is 12.4. The highest BCUT2D eigenvalue weighted by atomic mass is 16.5. The molecule has 0 radical (unpaired) electrons. The second kappa shape index (κ2) is 6.64. The van der Waals surface area contributed by atoms with E-state index in [1.165, 1.54) is 6.20 Å². The summed E-state index contributed by atoms with van der Waals surface area (Å²) in [6.07, 6.45) is 1.53. The van der Waals surface area contributed by atoms with E-state index in [1.807, 2.05) is 0 Å². The van der Waals surface area contributed by atoms with E-state index in [0.29, 0.717) is 36.6 Å². The van der Waals surface area contributed by atoms with Crippen molar-refractivity contribution >= 4 is 11.6 Å². The monoisotopic (exact) mass is 299 g/mol. The highest BCUT2D eigenvalue weighted by molar-refractivity contribution is 6.09. The molecule has 1 N–H and O–H groups in total. The molecule has 1 saturated heterocycles. The van der Waals surface area contributed by atoms with Gasteiger partial charge in [0.05, 0.1) is 19.8 Å². The molecule has 6 heteroatoms. The summed E-state index contributed by atoms with van der Waals surface area (Å²) in [6.45, 7) is 3.19. The molecular formula is C16H17N3O3. The molecule has 0 saturated carbocycles. The van der Waals surface area contributed by atoms with Crippen LogP contribution in [0.15, 0.2) is 36.5 Å². The third-order valence-electron chi connectivity index (χ3n) is 3.66. The van der Waals surface area contributed by atoms with Crippen molar-refractivity contribution in [3.05, 3.63) is 53.3 Å². The van der Waals surface area contributed by atoms with Crippen LogP contribution in [0, 0.1) is 0 Å². The number of H-pyrrole nitrogens is 1. The first-order valence-electron chi connectivity index (χ1n) is 7.21. The zero-order valence-corrected chi connectivity index (χ0v) is 12.1. The minimum atomic E-state index is -0.168. The zero-order chi connectivity index (χ0) is 15.4. The first-order chi connectivity index (χ1) is 10.7. The van der Waals surface area contributed by atoms with Gasteiger partial charge < -0.3 is 4.74 Å². The molecule has 1 fully saturated rings. The van der Waals surface area contributed by atoms with E-state index in [9.17, 15) is 9.59 Å². The first-order valence-corrected chi connectivity index (χ1v) is 7.21. The van der Waals surface area contributed by atoms with Crippen LogP contribution in [0.3, 0.4) is 0 Å². The molecule has 0 aliphatic carbocycles. The highest BCUT2D eigenvalue weighted by Gasteiger charge is 2.17. The lowest BCUT2D eigenvalue weighted by Crippen LogP contribution is -2.39. The number of aromatic nitrogens is 2. The van der Waals surface area contributed by atoms with Gasteiger partial charge in [-0.25, -0.2) is 0 Å². The van der Waals surface area contributed by atoms with Crippen molar-refractivity contribution in [1.29, 1.82) is 0 Å². The van der Waals surface area contributed by atoms with Crippen LogP contribution in [0.4, 0.5) is 0 Å². The quantitative estimate of drug-likeness (QED) is 0.838. The third-order valence-corrected chi connectivity index (χ3v) is 3.66. The Kier molecular flexibility index (Phi) is 4.41. The molecule has 0 bridgehead atoms. The minimum Gasteiger partial charge on any atom is -0.379 e. The second-order valence-corrected chi connectivity index (χ2v) is 5.19. The number of rotatable bonds is 5. The topological polar surface area (TPSA) is 75.3 Å². The number of ketones is 2. The van der Waals surface area contributed by atoms with Crippen molar-refractivity contribution in [3.8, 4) is 0 Å². The number of hydrogen-bond donors (Lipinski definition) is 1. The van der Waals surface area contributed by atoms with Gasteiger partial charge in [0.2, 0.25) is 5.78 Å². The molecule has 1 aliphatic heterocycles. The van der Waals surface area contributed by atoms with E-state index < -0.39 is 0 Å². The number of hydrogen-bond acceptors (Lipinski definition) is 5. The summed E-state index contributed by atoms with van der Waals surface area (Å²) in [4.78, 5) is 26.7. The molecule has 114 valence electrons. The number of nitrogens with one attached hydrogen (secondary N) is 1. The molecule has 1 aliphatic rings. The molecule has 2 heterocycles. The number of ether oxygens (including phenoxy) is 1. The number of Topliss-reactive ketones (excluding diaryl/α,β-unsaturated/α-hetero) is 1. The molecule has 1 aromatic heterocycles. The molecule has 6 nitrogen and oxygen atoms in total. The molecule has 3 rings (SSSR count). The Balaban J connectivity index is 1.73. The fourth-order valence-corrected chi connectivity index (χ4v) is 2.43. The van der Waals surface area contributed by atoms with Crippen LogP contribution in [0.5, 0.6) is 0 Å². The normalized spacial score (nSPS) is 15.6. The number of benzene rings is 1. The van der Waals surface area contributed by atoms with Crippen LogP contribution in [0.2, 0.25) is 0 Å². The lowest BCUT2D eigenvalue weighted by molar-refractivity contribution is 0.0371. The van der Waals surface area contributed by atoms with E-state index in [-0.39, 0.29) is 11.6 Å². The summed E-state index contributed by atoms with van der Waals surface area (Å²) in [6, 6.07) is 8.44. The van der Waals surface area contributed by atoms with E-state index in [4.69, 9.17) is 4.74 Å². The summed E-state index contributed by atoms with van der Waals surface area (Å²) in [5.41, 5.74) is 1.45. The number of aromatic amines is 1. The van der Waals surface area contributed by atoms with Crippen molar-refractivity contribution in [2.45, 2.75) is 0 Å². The lowest BCUT2D eigenvalue weighted by atomic mass is 10.0. The maximum atomic E-state index is 12.4. The van der Waals surface area contributed by atoms with E-state index in [2.05, 4.69) is 15.1 Å². The lowest BCUT2D eigenvalue weighted by Gasteiger charge is -2.25. The Labute approximate surface area is 128 Å². The average Bonchev–Trinajstić information content (AvgIpc) is 3.09. The molecule has 2 aromatic rings. The summed E-state index contributed by atoms with van der Waals surface area (Å²) in [7, 11) is 0. The minimum absolute atomic E-state index is 0.0150. The highest BCUT2D eigenvalue weighted by Crippen LogP contribution is 2.11. The molecule has 0 spiro atoms. The smallest absolute Gasteiger partial charge is 0.210 e. The molecule has 0 atom stereocenters. The van der Waals surface area contributed by atoms with Crippen molar-refractivity contribution in [2.24, 2.45) is 0 Å². The van der Waals surface area contributed by atoms with Gasteiger partial charge in [-0.1, -0.05) is 18.2 Å². The van der Waals surface area contributed by atoms with E-state index in [0.717, 1.165) is 13.1 Å². The summed E-state index contributed by atoms with van der Waals surface area (Å²) in [5.74, 6) is -0.153. The standard InChI is InChI=1S/C16H17N3O3/c20-15(11-19-6-8-22-9-7-19)12-2-1-3-13(10-12)16(21)14-4-5-17-18-14/h1-5,10H,6-9,11H2,(H,17,18). The fourth-order valence-electron chi connectivity index (χ4n) is 2.43. The second-order valence-electron chi connectivity index (χ2n) is 5.19. The van der Waals surface area contributed by atoms with Crippen molar-refractivity contribution < 1.29 is 14.3 Å². The van der Waals surface area contributed by atoms with E-state index >= 15 is 0 Å². The van der Waals surface area contributed by atoms with Gasteiger partial charge >= 0.3 is 0 Å². The van der Waals surface area contributed by atoms with Crippen molar-refractivity contribution in [2.75, 3.05) is 32.8 Å². The molecule has 22 heavy (non-hydrogen) atoms. The summed E-state index contributed by atoms with van der Waals surface area (Å²) >= 11 is 0. The SMILES string of the molecule is O=C(CN1CCOCC1)c1cccc(C(=O)c2ccn[nH]2)c1. The van der Waals surface area contributed by atoms with Gasteiger partial charge in [-0.3, -0.25) is 19.6 Å². The van der Waals surface area contributed by atoms with Crippen molar-refractivity contribution in [3.63, 3.8) is 0 Å². The molecular weight excluding hydrogens is 282 g/mol. The van der Waals surface area contributed by atoms with E-state index in [1.54, 1.807) is 30.3 Å². The predicted octanol–water partition coefficient (Wildman–Crippen LogP) is 1.16. The summed E-state index contributed by atoms with van der Waals surface area (Å²) in [5, 5.41) is 6.42. The Hall–Kier alpha value is -2.31. The average molecular weight is 299 g/mol. The van der Waals surface area contributed by atoms with Gasteiger partial charge in [0.15, 0.2) is 5.78 Å². The van der Waals surface area contributed by atoms with Gasteiger partial charge in [0.25, 0.3) is 0 Å². The van der Waals surface area contributed by atoms with Crippen LogP contribution >= 0.6 is 0 Å². The third kappa shape index (κ3) is 3.29. The van der Waals surface area contributed by atoms with Crippen LogP contribution in [-0.4, -0.2) is 59.5 Å². The van der Waals surface area contributed by atoms with Crippen molar-refractivity contribution in [1.82, 2.24) is 15.1 Å². The van der Waals surface area contributed by atoms with Crippen LogP contribution in [-0.2, 0) is 4.74 Å². The van der Waals surface area contributed by atoms with Gasteiger partial charge in [0.1, 0.15) is 5.69 Å². The Morgan fingerprint density at radius 3 is 2.68 bits per heavy atom. The number of carbonyl (C=O) groups is 2. The Morgan fingerprint density at radius 2 is 1.95 bits per heavy atom. The van der Waals surface area contributed by atoms with Gasteiger partial charge in [-0.2, -0.15) is 5.10 Å². The zero-order valence-electron chi connectivity index (χ0n) is 12.1. The Morgan fingerprint density at radius 1 is 1.18 bits per heavy atom.